The predicted octanol–water partition coefficient (Wildman–Crippen LogP) is 0.619. The minimum Gasteiger partial charge on any atom is -0.448 e. The fraction of sp³-hybridized carbons (Fsp3) is 0.273. The summed E-state index contributed by atoms with van der Waals surface area (Å²) in [5.41, 5.74) is 11.6. The average molecular weight is 287 g/mol. The molecule has 8 heteroatoms. The van der Waals surface area contributed by atoms with E-state index in [1.807, 2.05) is 0 Å². The van der Waals surface area contributed by atoms with E-state index in [1.54, 1.807) is 18.2 Å². The van der Waals surface area contributed by atoms with Gasteiger partial charge in [0.2, 0.25) is 0 Å². The lowest BCUT2D eigenvalue weighted by Crippen LogP contribution is -2.23. The molecule has 0 aliphatic heterocycles. The van der Waals surface area contributed by atoms with Crippen molar-refractivity contribution in [1.82, 2.24) is 5.32 Å². The third-order valence-corrected chi connectivity index (χ3v) is 2.65. The standard InChI is InChI=1S/C11H15ClN4O3/c12-9-5-7(10(13)16-18)1-2-8(9)6-15-3-4-19-11(14)17/h1-2,5,15,18H,3-4,6H2,(H2,13,16)(H2,14,17). The minimum atomic E-state index is -0.803. The molecule has 0 aromatic heterocycles. The third-order valence-electron chi connectivity index (χ3n) is 2.30. The molecule has 0 bridgehead atoms. The second kappa shape index (κ2) is 7.45. The van der Waals surface area contributed by atoms with Crippen LogP contribution in [0.1, 0.15) is 11.1 Å². The average Bonchev–Trinajstić information content (AvgIpc) is 2.38. The molecular formula is C11H15ClN4O3. The summed E-state index contributed by atoms with van der Waals surface area (Å²) in [5.74, 6) is -0.00346. The van der Waals surface area contributed by atoms with Gasteiger partial charge in [0.1, 0.15) is 6.61 Å². The highest BCUT2D eigenvalue weighted by Gasteiger charge is 2.05. The molecule has 0 atom stereocenters. The zero-order valence-electron chi connectivity index (χ0n) is 10.1. The van der Waals surface area contributed by atoms with Gasteiger partial charge in [-0.1, -0.05) is 28.9 Å². The number of benzene rings is 1. The topological polar surface area (TPSA) is 123 Å². The number of ether oxygens (including phenoxy) is 1. The van der Waals surface area contributed by atoms with Crippen molar-refractivity contribution in [2.75, 3.05) is 13.2 Å². The van der Waals surface area contributed by atoms with Crippen LogP contribution in [0.3, 0.4) is 0 Å². The molecule has 104 valence electrons. The summed E-state index contributed by atoms with van der Waals surface area (Å²) in [6.45, 7) is 1.15. The molecule has 1 amide bonds. The Morgan fingerprint density at radius 1 is 1.47 bits per heavy atom. The van der Waals surface area contributed by atoms with E-state index in [0.717, 1.165) is 5.56 Å². The molecule has 0 saturated carbocycles. The molecule has 0 radical (unpaired) electrons. The quantitative estimate of drug-likeness (QED) is 0.201. The molecule has 0 heterocycles. The zero-order valence-corrected chi connectivity index (χ0v) is 10.9. The van der Waals surface area contributed by atoms with Crippen LogP contribution in [0, 0.1) is 0 Å². The number of nitrogens with zero attached hydrogens (tertiary/aromatic N) is 1. The summed E-state index contributed by atoms with van der Waals surface area (Å²) in [6, 6.07) is 5.06. The van der Waals surface area contributed by atoms with Gasteiger partial charge >= 0.3 is 6.09 Å². The van der Waals surface area contributed by atoms with Gasteiger partial charge in [0.25, 0.3) is 0 Å². The Kier molecular flexibility index (Phi) is 5.91. The monoisotopic (exact) mass is 286 g/mol. The van der Waals surface area contributed by atoms with Crippen molar-refractivity contribution < 1.29 is 14.7 Å². The SMILES string of the molecule is NC(=O)OCCNCc1ccc(/C(N)=N/O)cc1Cl. The summed E-state index contributed by atoms with van der Waals surface area (Å²) >= 11 is 6.06. The fourth-order valence-electron chi connectivity index (χ4n) is 1.35. The number of rotatable bonds is 6. The van der Waals surface area contributed by atoms with Crippen molar-refractivity contribution in [2.24, 2.45) is 16.6 Å². The van der Waals surface area contributed by atoms with Crippen LogP contribution in [-0.4, -0.2) is 30.3 Å². The molecule has 0 spiro atoms. The number of amidine groups is 1. The molecule has 0 fully saturated rings. The summed E-state index contributed by atoms with van der Waals surface area (Å²) in [5, 5.41) is 15.0. The second-order valence-corrected chi connectivity index (χ2v) is 4.04. The van der Waals surface area contributed by atoms with Crippen LogP contribution in [0.25, 0.3) is 0 Å². The number of carbonyl (C=O) groups excluding carboxylic acids is 1. The van der Waals surface area contributed by atoms with Gasteiger partial charge < -0.3 is 26.7 Å². The Labute approximate surface area is 115 Å². The van der Waals surface area contributed by atoms with Crippen LogP contribution in [-0.2, 0) is 11.3 Å². The Balaban J connectivity index is 2.49. The maximum absolute atomic E-state index is 10.3. The number of primary amides is 1. The summed E-state index contributed by atoms with van der Waals surface area (Å²) in [4.78, 5) is 10.3. The van der Waals surface area contributed by atoms with Gasteiger partial charge in [-0.2, -0.15) is 0 Å². The van der Waals surface area contributed by atoms with Crippen LogP contribution >= 0.6 is 11.6 Å². The molecule has 19 heavy (non-hydrogen) atoms. The van der Waals surface area contributed by atoms with Crippen molar-refractivity contribution >= 4 is 23.5 Å². The van der Waals surface area contributed by atoms with Gasteiger partial charge in [0.05, 0.1) is 0 Å². The first-order valence-corrected chi connectivity index (χ1v) is 5.81. The number of halogens is 1. The van der Waals surface area contributed by atoms with Gasteiger partial charge in [0.15, 0.2) is 5.84 Å². The van der Waals surface area contributed by atoms with Crippen molar-refractivity contribution in [3.63, 3.8) is 0 Å². The maximum atomic E-state index is 10.3. The number of amides is 1. The molecule has 1 aromatic carbocycles. The third kappa shape index (κ3) is 5.02. The van der Waals surface area contributed by atoms with Crippen LogP contribution in [0.2, 0.25) is 5.02 Å². The van der Waals surface area contributed by atoms with Crippen molar-refractivity contribution in [3.8, 4) is 0 Å². The van der Waals surface area contributed by atoms with Crippen LogP contribution in [0.4, 0.5) is 4.79 Å². The highest BCUT2D eigenvalue weighted by molar-refractivity contribution is 6.31. The molecule has 0 unspecified atom stereocenters. The summed E-state index contributed by atoms with van der Waals surface area (Å²) in [6.07, 6.45) is -0.803. The lowest BCUT2D eigenvalue weighted by molar-refractivity contribution is 0.157. The summed E-state index contributed by atoms with van der Waals surface area (Å²) in [7, 11) is 0. The smallest absolute Gasteiger partial charge is 0.404 e. The van der Waals surface area contributed by atoms with Crippen LogP contribution < -0.4 is 16.8 Å². The Morgan fingerprint density at radius 2 is 2.21 bits per heavy atom. The van der Waals surface area contributed by atoms with Gasteiger partial charge in [-0.3, -0.25) is 0 Å². The number of carbonyl (C=O) groups is 1. The number of oxime groups is 1. The van der Waals surface area contributed by atoms with E-state index in [0.29, 0.717) is 23.7 Å². The molecule has 1 rings (SSSR count). The molecular weight excluding hydrogens is 272 g/mol. The summed E-state index contributed by atoms with van der Waals surface area (Å²) < 4.78 is 4.56. The first-order chi connectivity index (χ1) is 9.04. The van der Waals surface area contributed by atoms with Crippen molar-refractivity contribution in [1.29, 1.82) is 0 Å². The van der Waals surface area contributed by atoms with E-state index in [2.05, 4.69) is 15.2 Å². The number of hydrogen-bond acceptors (Lipinski definition) is 5. The van der Waals surface area contributed by atoms with E-state index in [-0.39, 0.29) is 12.4 Å². The predicted molar refractivity (Wildman–Crippen MR) is 71.2 cm³/mol. The molecule has 0 aliphatic carbocycles. The lowest BCUT2D eigenvalue weighted by Gasteiger charge is -2.08. The second-order valence-electron chi connectivity index (χ2n) is 3.64. The van der Waals surface area contributed by atoms with Crippen molar-refractivity contribution in [2.45, 2.75) is 6.54 Å². The van der Waals surface area contributed by atoms with E-state index in [1.165, 1.54) is 0 Å². The van der Waals surface area contributed by atoms with E-state index >= 15 is 0 Å². The Hall–Kier alpha value is -1.99. The molecule has 6 N–H and O–H groups in total. The Bertz CT molecular complexity index is 479. The zero-order chi connectivity index (χ0) is 14.3. The van der Waals surface area contributed by atoms with Crippen molar-refractivity contribution in [3.05, 3.63) is 34.3 Å². The van der Waals surface area contributed by atoms with Gasteiger partial charge in [0, 0.05) is 23.7 Å². The highest BCUT2D eigenvalue weighted by Crippen LogP contribution is 2.17. The number of hydrogen-bond donors (Lipinski definition) is 4. The Morgan fingerprint density at radius 3 is 2.79 bits per heavy atom. The first kappa shape index (κ1) is 15.1. The van der Waals surface area contributed by atoms with Crippen LogP contribution in [0.15, 0.2) is 23.4 Å². The van der Waals surface area contributed by atoms with E-state index in [4.69, 9.17) is 28.3 Å². The van der Waals surface area contributed by atoms with Crippen LogP contribution in [0.5, 0.6) is 0 Å². The minimum absolute atomic E-state index is 0.00346. The normalized spacial score (nSPS) is 11.3. The van der Waals surface area contributed by atoms with Gasteiger partial charge in [-0.25, -0.2) is 4.79 Å². The lowest BCUT2D eigenvalue weighted by atomic mass is 10.1. The largest absolute Gasteiger partial charge is 0.448 e. The number of nitrogens with two attached hydrogens (primary N) is 2. The van der Waals surface area contributed by atoms with Gasteiger partial charge in [-0.05, 0) is 11.6 Å². The fourth-order valence-corrected chi connectivity index (χ4v) is 1.60. The first-order valence-electron chi connectivity index (χ1n) is 5.44. The van der Waals surface area contributed by atoms with E-state index in [9.17, 15) is 4.79 Å². The van der Waals surface area contributed by atoms with Gasteiger partial charge in [-0.15, -0.1) is 0 Å². The number of nitrogens with one attached hydrogen (secondary N) is 1. The molecule has 0 saturated heterocycles. The van der Waals surface area contributed by atoms with E-state index < -0.39 is 6.09 Å². The molecule has 0 aliphatic rings. The molecule has 7 nitrogen and oxygen atoms in total. The highest BCUT2D eigenvalue weighted by atomic mass is 35.5. The molecule has 1 aromatic rings. The maximum Gasteiger partial charge on any atom is 0.404 e.